The highest BCUT2D eigenvalue weighted by molar-refractivity contribution is 8.03. The van der Waals surface area contributed by atoms with Crippen LogP contribution in [0.5, 0.6) is 5.75 Å². The molecule has 0 saturated carbocycles. The second kappa shape index (κ2) is 4.02. The Kier molecular flexibility index (Phi) is 2.74. The molecule has 1 heterocycles. The maximum absolute atomic E-state index is 5.23. The number of benzene rings is 1. The number of rotatable bonds is 3. The average molecular weight is 223 g/mol. The Bertz CT molecular complexity index is 464. The third kappa shape index (κ3) is 1.63. The molecule has 1 aromatic carbocycles. The van der Waals surface area contributed by atoms with E-state index in [1.54, 1.807) is 23.9 Å². The number of aromatic nitrogens is 1. The van der Waals surface area contributed by atoms with E-state index in [2.05, 4.69) is 11.6 Å². The van der Waals surface area contributed by atoms with Crippen LogP contribution >= 0.6 is 23.1 Å². The molecule has 0 spiro atoms. The third-order valence-electron chi connectivity index (χ3n) is 1.77. The topological polar surface area (TPSA) is 22.1 Å². The molecule has 14 heavy (non-hydrogen) atoms. The SMILES string of the molecule is C=CSc1nc2c(OC)cccc2s1. The highest BCUT2D eigenvalue weighted by Gasteiger charge is 2.07. The second-order valence-electron chi connectivity index (χ2n) is 2.57. The molecule has 1 aromatic heterocycles. The van der Waals surface area contributed by atoms with E-state index in [4.69, 9.17) is 4.74 Å². The number of thiazole rings is 1. The van der Waals surface area contributed by atoms with Crippen molar-refractivity contribution in [2.45, 2.75) is 4.34 Å². The number of nitrogens with zero attached hydrogens (tertiary/aromatic N) is 1. The van der Waals surface area contributed by atoms with Crippen molar-refractivity contribution < 1.29 is 4.74 Å². The molecular formula is C10H9NOS2. The van der Waals surface area contributed by atoms with E-state index in [0.29, 0.717) is 0 Å². The van der Waals surface area contributed by atoms with Gasteiger partial charge in [0.1, 0.15) is 11.3 Å². The monoisotopic (exact) mass is 223 g/mol. The van der Waals surface area contributed by atoms with Crippen LogP contribution in [0.4, 0.5) is 0 Å². The minimum atomic E-state index is 0.828. The molecule has 0 aliphatic carbocycles. The van der Waals surface area contributed by atoms with Crippen molar-refractivity contribution in [1.29, 1.82) is 0 Å². The van der Waals surface area contributed by atoms with Crippen molar-refractivity contribution in [2.24, 2.45) is 0 Å². The summed E-state index contributed by atoms with van der Waals surface area (Å²) in [7, 11) is 1.66. The fourth-order valence-corrected chi connectivity index (χ4v) is 2.86. The first kappa shape index (κ1) is 9.55. The third-order valence-corrected chi connectivity index (χ3v) is 3.58. The van der Waals surface area contributed by atoms with E-state index >= 15 is 0 Å². The summed E-state index contributed by atoms with van der Waals surface area (Å²) >= 11 is 3.19. The summed E-state index contributed by atoms with van der Waals surface area (Å²) < 4.78 is 7.37. The summed E-state index contributed by atoms with van der Waals surface area (Å²) in [6, 6.07) is 5.94. The van der Waals surface area contributed by atoms with Crippen molar-refractivity contribution in [1.82, 2.24) is 4.98 Å². The number of hydrogen-bond acceptors (Lipinski definition) is 4. The summed E-state index contributed by atoms with van der Waals surface area (Å²) in [5.41, 5.74) is 0.935. The molecule has 0 unspecified atom stereocenters. The summed E-state index contributed by atoms with van der Waals surface area (Å²) in [5, 5.41) is 1.78. The van der Waals surface area contributed by atoms with Gasteiger partial charge in [0, 0.05) is 0 Å². The molecule has 0 amide bonds. The zero-order chi connectivity index (χ0) is 9.97. The lowest BCUT2D eigenvalue weighted by molar-refractivity contribution is 0.419. The van der Waals surface area contributed by atoms with E-state index < -0.39 is 0 Å². The van der Waals surface area contributed by atoms with Crippen LogP contribution in [0.1, 0.15) is 0 Å². The predicted octanol–water partition coefficient (Wildman–Crippen LogP) is 3.54. The van der Waals surface area contributed by atoms with Crippen molar-refractivity contribution in [2.75, 3.05) is 7.11 Å². The van der Waals surface area contributed by atoms with Crippen molar-refractivity contribution in [3.8, 4) is 5.75 Å². The first-order valence-electron chi connectivity index (χ1n) is 4.06. The van der Waals surface area contributed by atoms with Gasteiger partial charge in [-0.3, -0.25) is 0 Å². The summed E-state index contributed by atoms with van der Waals surface area (Å²) in [5.74, 6) is 0.828. The van der Waals surface area contributed by atoms with Crippen LogP contribution in [0.15, 0.2) is 34.5 Å². The number of fused-ring (bicyclic) bond motifs is 1. The molecule has 2 nitrogen and oxygen atoms in total. The average Bonchev–Trinajstić information content (AvgIpc) is 2.60. The number of methoxy groups -OCH3 is 1. The van der Waals surface area contributed by atoms with Crippen molar-refractivity contribution >= 4 is 33.3 Å². The predicted molar refractivity (Wildman–Crippen MR) is 62.2 cm³/mol. The van der Waals surface area contributed by atoms with Crippen LogP contribution in [0.3, 0.4) is 0 Å². The quantitative estimate of drug-likeness (QED) is 0.743. The van der Waals surface area contributed by atoms with Gasteiger partial charge in [-0.05, 0) is 17.5 Å². The first-order valence-corrected chi connectivity index (χ1v) is 5.76. The molecule has 0 N–H and O–H groups in total. The Hall–Kier alpha value is -1.000. The Balaban J connectivity index is 2.57. The maximum Gasteiger partial charge on any atom is 0.155 e. The van der Waals surface area contributed by atoms with Gasteiger partial charge in [-0.1, -0.05) is 24.4 Å². The number of para-hydroxylation sites is 1. The fourth-order valence-electron chi connectivity index (χ4n) is 1.19. The summed E-state index contributed by atoms with van der Waals surface area (Å²) in [6.07, 6.45) is 0. The van der Waals surface area contributed by atoms with Gasteiger partial charge < -0.3 is 4.74 Å². The molecule has 0 bridgehead atoms. The van der Waals surface area contributed by atoms with Crippen LogP contribution in [0.2, 0.25) is 0 Å². The van der Waals surface area contributed by atoms with E-state index in [9.17, 15) is 0 Å². The fraction of sp³-hybridized carbons (Fsp3) is 0.100. The van der Waals surface area contributed by atoms with Gasteiger partial charge in [-0.25, -0.2) is 4.98 Å². The number of ether oxygens (including phenoxy) is 1. The Morgan fingerprint density at radius 2 is 2.43 bits per heavy atom. The number of thioether (sulfide) groups is 1. The van der Waals surface area contributed by atoms with Crippen LogP contribution in [0.25, 0.3) is 10.2 Å². The first-order chi connectivity index (χ1) is 6.85. The van der Waals surface area contributed by atoms with Gasteiger partial charge in [0.15, 0.2) is 4.34 Å². The molecule has 0 radical (unpaired) electrons. The maximum atomic E-state index is 5.23. The largest absolute Gasteiger partial charge is 0.494 e. The molecule has 0 aliphatic rings. The van der Waals surface area contributed by atoms with Crippen molar-refractivity contribution in [3.05, 3.63) is 30.2 Å². The van der Waals surface area contributed by atoms with E-state index in [0.717, 1.165) is 20.3 Å². The van der Waals surface area contributed by atoms with E-state index in [1.807, 2.05) is 18.2 Å². The highest BCUT2D eigenvalue weighted by atomic mass is 32.2. The minimum absolute atomic E-state index is 0.828. The zero-order valence-corrected chi connectivity index (χ0v) is 9.32. The Morgan fingerprint density at radius 1 is 1.57 bits per heavy atom. The van der Waals surface area contributed by atoms with E-state index in [-0.39, 0.29) is 0 Å². The van der Waals surface area contributed by atoms with Gasteiger partial charge in [-0.2, -0.15) is 0 Å². The minimum Gasteiger partial charge on any atom is -0.494 e. The van der Waals surface area contributed by atoms with Crippen LogP contribution in [0, 0.1) is 0 Å². The van der Waals surface area contributed by atoms with Gasteiger partial charge in [-0.15, -0.1) is 11.3 Å². The van der Waals surface area contributed by atoms with Gasteiger partial charge in [0.05, 0.1) is 11.8 Å². The number of hydrogen-bond donors (Lipinski definition) is 0. The Morgan fingerprint density at radius 3 is 3.14 bits per heavy atom. The van der Waals surface area contributed by atoms with Crippen LogP contribution in [-0.2, 0) is 0 Å². The molecule has 2 aromatic rings. The smallest absolute Gasteiger partial charge is 0.155 e. The summed E-state index contributed by atoms with van der Waals surface area (Å²) in [6.45, 7) is 3.67. The van der Waals surface area contributed by atoms with Crippen LogP contribution < -0.4 is 4.74 Å². The van der Waals surface area contributed by atoms with E-state index in [1.165, 1.54) is 11.8 Å². The normalized spacial score (nSPS) is 10.4. The molecular weight excluding hydrogens is 214 g/mol. The molecule has 72 valence electrons. The van der Waals surface area contributed by atoms with Gasteiger partial charge >= 0.3 is 0 Å². The standard InChI is InChI=1S/C10H9NOS2/c1-3-13-10-11-9-7(12-2)5-4-6-8(9)14-10/h3-6H,1H2,2H3. The molecule has 0 aliphatic heterocycles. The second-order valence-corrected chi connectivity index (χ2v) is 4.82. The Labute approximate surface area is 90.6 Å². The molecule has 0 atom stereocenters. The highest BCUT2D eigenvalue weighted by Crippen LogP contribution is 2.34. The molecule has 2 rings (SSSR count). The van der Waals surface area contributed by atoms with Crippen molar-refractivity contribution in [3.63, 3.8) is 0 Å². The molecule has 4 heteroatoms. The molecule has 0 fully saturated rings. The van der Waals surface area contributed by atoms with Gasteiger partial charge in [0.2, 0.25) is 0 Å². The molecule has 0 saturated heterocycles. The summed E-state index contributed by atoms with van der Waals surface area (Å²) in [4.78, 5) is 4.46. The zero-order valence-electron chi connectivity index (χ0n) is 7.69. The van der Waals surface area contributed by atoms with Gasteiger partial charge in [0.25, 0.3) is 0 Å². The lowest BCUT2D eigenvalue weighted by Gasteiger charge is -1.97. The van der Waals surface area contributed by atoms with Crippen LogP contribution in [-0.4, -0.2) is 12.1 Å². The lowest BCUT2D eigenvalue weighted by atomic mass is 10.3. The lowest BCUT2D eigenvalue weighted by Crippen LogP contribution is -1.82.